The third-order valence-corrected chi connectivity index (χ3v) is 3.82. The first-order chi connectivity index (χ1) is 13.0. The van der Waals surface area contributed by atoms with Crippen molar-refractivity contribution < 1.29 is 14.3 Å². The van der Waals surface area contributed by atoms with Gasteiger partial charge in [0.2, 0.25) is 5.91 Å². The molecule has 0 aromatic heterocycles. The van der Waals surface area contributed by atoms with Crippen molar-refractivity contribution >= 4 is 17.3 Å². The van der Waals surface area contributed by atoms with E-state index in [1.165, 1.54) is 0 Å². The first-order valence-electron chi connectivity index (χ1n) is 9.14. The van der Waals surface area contributed by atoms with E-state index >= 15 is 0 Å². The van der Waals surface area contributed by atoms with Crippen LogP contribution in [0.15, 0.2) is 60.7 Å². The third kappa shape index (κ3) is 7.44. The first kappa shape index (κ1) is 20.4. The van der Waals surface area contributed by atoms with Gasteiger partial charge in [-0.1, -0.05) is 19.6 Å². The van der Waals surface area contributed by atoms with E-state index in [0.717, 1.165) is 29.2 Å². The fraction of sp³-hybridized carbons (Fsp3) is 0.318. The highest BCUT2D eigenvalue weighted by Gasteiger charge is 2.06. The molecule has 0 fully saturated rings. The highest BCUT2D eigenvalue weighted by molar-refractivity contribution is 5.93. The fourth-order valence-electron chi connectivity index (χ4n) is 2.23. The molecule has 5 nitrogen and oxygen atoms in total. The van der Waals surface area contributed by atoms with E-state index in [4.69, 9.17) is 9.47 Å². The van der Waals surface area contributed by atoms with E-state index in [9.17, 15) is 4.79 Å². The second kappa shape index (κ2) is 10.3. The zero-order chi connectivity index (χ0) is 19.6. The molecule has 2 aromatic rings. The molecule has 0 saturated carbocycles. The molecule has 144 valence electrons. The summed E-state index contributed by atoms with van der Waals surface area (Å²) in [6, 6.07) is 14.9. The average Bonchev–Trinajstić information content (AvgIpc) is 2.65. The maximum Gasteiger partial charge on any atom is 0.243 e. The van der Waals surface area contributed by atoms with E-state index < -0.39 is 0 Å². The minimum atomic E-state index is -0.127. The molecule has 2 aromatic carbocycles. The highest BCUT2D eigenvalue weighted by atomic mass is 16.5. The van der Waals surface area contributed by atoms with Gasteiger partial charge in [-0.15, -0.1) is 0 Å². The van der Waals surface area contributed by atoms with Gasteiger partial charge >= 0.3 is 0 Å². The van der Waals surface area contributed by atoms with Crippen molar-refractivity contribution in [3.8, 4) is 11.5 Å². The number of hydrogen-bond donors (Lipinski definition) is 2. The summed E-state index contributed by atoms with van der Waals surface area (Å²) in [4.78, 5) is 12.2. The molecule has 0 spiro atoms. The van der Waals surface area contributed by atoms with Crippen molar-refractivity contribution in [2.45, 2.75) is 33.3 Å². The number of carbonyl (C=O) groups excluding carboxylic acids is 1. The maximum atomic E-state index is 12.2. The summed E-state index contributed by atoms with van der Waals surface area (Å²) in [5.74, 6) is 1.39. The number of amides is 1. The van der Waals surface area contributed by atoms with Gasteiger partial charge in [0.25, 0.3) is 0 Å². The monoisotopic (exact) mass is 368 g/mol. The Morgan fingerprint density at radius 1 is 1.11 bits per heavy atom. The van der Waals surface area contributed by atoms with Crippen molar-refractivity contribution in [2.24, 2.45) is 0 Å². The van der Waals surface area contributed by atoms with Gasteiger partial charge in [-0.25, -0.2) is 0 Å². The topological polar surface area (TPSA) is 59.6 Å². The molecule has 0 aliphatic heterocycles. The standard InChI is InChI=1S/C22H28N2O3/c1-5-17(4)27-21-8-6-7-19(13-21)24-22(25)14-23-18-9-11-20(12-10-18)26-15-16(2)3/h6-13,17,23H,2,5,14-15H2,1,3-4H3,(H,24,25). The van der Waals surface area contributed by atoms with Crippen molar-refractivity contribution in [3.05, 3.63) is 60.7 Å². The van der Waals surface area contributed by atoms with Crippen LogP contribution in [0.4, 0.5) is 11.4 Å². The number of rotatable bonds is 10. The number of benzene rings is 2. The van der Waals surface area contributed by atoms with E-state index in [0.29, 0.717) is 12.3 Å². The number of hydrogen-bond acceptors (Lipinski definition) is 4. The summed E-state index contributed by atoms with van der Waals surface area (Å²) in [6.45, 7) is 10.5. The van der Waals surface area contributed by atoms with Gasteiger partial charge in [0.15, 0.2) is 0 Å². The Morgan fingerprint density at radius 2 is 1.85 bits per heavy atom. The Bertz CT molecular complexity index is 756. The van der Waals surface area contributed by atoms with Crippen LogP contribution < -0.4 is 20.1 Å². The average molecular weight is 368 g/mol. The molecule has 27 heavy (non-hydrogen) atoms. The quantitative estimate of drug-likeness (QED) is 0.588. The molecular weight excluding hydrogens is 340 g/mol. The van der Waals surface area contributed by atoms with E-state index in [2.05, 4.69) is 24.1 Å². The van der Waals surface area contributed by atoms with Crippen molar-refractivity contribution in [1.29, 1.82) is 0 Å². The summed E-state index contributed by atoms with van der Waals surface area (Å²) in [5.41, 5.74) is 2.53. The predicted molar refractivity (Wildman–Crippen MR) is 111 cm³/mol. The Morgan fingerprint density at radius 3 is 2.52 bits per heavy atom. The van der Waals surface area contributed by atoms with E-state index in [1.807, 2.05) is 62.4 Å². The van der Waals surface area contributed by atoms with Crippen LogP contribution in [0.3, 0.4) is 0 Å². The Hall–Kier alpha value is -2.95. The fourth-order valence-corrected chi connectivity index (χ4v) is 2.23. The van der Waals surface area contributed by atoms with Gasteiger partial charge in [-0.2, -0.15) is 0 Å². The molecule has 1 amide bonds. The summed E-state index contributed by atoms with van der Waals surface area (Å²) in [6.07, 6.45) is 1.07. The van der Waals surface area contributed by atoms with Crippen LogP contribution in [0.5, 0.6) is 11.5 Å². The zero-order valence-corrected chi connectivity index (χ0v) is 16.2. The summed E-state index contributed by atoms with van der Waals surface area (Å²) < 4.78 is 11.3. The van der Waals surface area contributed by atoms with Gasteiger partial charge in [-0.05, 0) is 62.2 Å². The molecule has 1 atom stereocenters. The molecule has 0 saturated heterocycles. The van der Waals surface area contributed by atoms with Gasteiger partial charge < -0.3 is 20.1 Å². The second-order valence-electron chi connectivity index (χ2n) is 6.54. The molecule has 5 heteroatoms. The largest absolute Gasteiger partial charge is 0.491 e. The number of ether oxygens (including phenoxy) is 2. The molecule has 0 radical (unpaired) electrons. The van der Waals surface area contributed by atoms with Crippen molar-refractivity contribution in [1.82, 2.24) is 0 Å². The van der Waals surface area contributed by atoms with Crippen LogP contribution >= 0.6 is 0 Å². The van der Waals surface area contributed by atoms with Crippen molar-refractivity contribution in [3.63, 3.8) is 0 Å². The Labute approximate surface area is 161 Å². The van der Waals surface area contributed by atoms with Gasteiger partial charge in [0, 0.05) is 17.4 Å². The predicted octanol–water partition coefficient (Wildman–Crippen LogP) is 4.87. The maximum absolute atomic E-state index is 12.2. The highest BCUT2D eigenvalue weighted by Crippen LogP contribution is 2.19. The Kier molecular flexibility index (Phi) is 7.74. The lowest BCUT2D eigenvalue weighted by Crippen LogP contribution is -2.21. The van der Waals surface area contributed by atoms with Gasteiger partial charge in [-0.3, -0.25) is 4.79 Å². The molecule has 2 N–H and O–H groups in total. The van der Waals surface area contributed by atoms with Gasteiger partial charge in [0.1, 0.15) is 18.1 Å². The van der Waals surface area contributed by atoms with Crippen LogP contribution in [0.1, 0.15) is 27.2 Å². The molecular formula is C22H28N2O3. The molecule has 0 aliphatic carbocycles. The third-order valence-electron chi connectivity index (χ3n) is 3.82. The molecule has 0 bridgehead atoms. The van der Waals surface area contributed by atoms with Crippen LogP contribution in [0, 0.1) is 0 Å². The SMILES string of the molecule is C=C(C)COc1ccc(NCC(=O)Nc2cccc(OC(C)CC)c2)cc1. The minimum absolute atomic E-state index is 0.127. The lowest BCUT2D eigenvalue weighted by atomic mass is 10.2. The lowest BCUT2D eigenvalue weighted by molar-refractivity contribution is -0.114. The van der Waals surface area contributed by atoms with Crippen LogP contribution in [0.25, 0.3) is 0 Å². The summed E-state index contributed by atoms with van der Waals surface area (Å²) >= 11 is 0. The minimum Gasteiger partial charge on any atom is -0.491 e. The van der Waals surface area contributed by atoms with E-state index in [1.54, 1.807) is 0 Å². The molecule has 0 heterocycles. The van der Waals surface area contributed by atoms with Crippen LogP contribution in [-0.4, -0.2) is 25.2 Å². The van der Waals surface area contributed by atoms with Gasteiger partial charge in [0.05, 0.1) is 12.6 Å². The lowest BCUT2D eigenvalue weighted by Gasteiger charge is -2.14. The number of nitrogens with one attached hydrogen (secondary N) is 2. The van der Waals surface area contributed by atoms with Crippen LogP contribution in [-0.2, 0) is 4.79 Å². The molecule has 2 rings (SSSR count). The molecule has 0 aliphatic rings. The Balaban J connectivity index is 1.82. The smallest absolute Gasteiger partial charge is 0.243 e. The number of anilines is 2. The first-order valence-corrected chi connectivity index (χ1v) is 9.14. The zero-order valence-electron chi connectivity index (χ0n) is 16.2. The second-order valence-corrected chi connectivity index (χ2v) is 6.54. The molecule has 1 unspecified atom stereocenters. The van der Waals surface area contributed by atoms with Crippen molar-refractivity contribution in [2.75, 3.05) is 23.8 Å². The van der Waals surface area contributed by atoms with Crippen LogP contribution in [0.2, 0.25) is 0 Å². The van der Waals surface area contributed by atoms with E-state index in [-0.39, 0.29) is 18.6 Å². The summed E-state index contributed by atoms with van der Waals surface area (Å²) in [7, 11) is 0. The number of carbonyl (C=O) groups is 1. The summed E-state index contributed by atoms with van der Waals surface area (Å²) in [5, 5.41) is 5.97. The normalized spacial score (nSPS) is 11.4.